The van der Waals surface area contributed by atoms with Crippen molar-refractivity contribution in [2.24, 2.45) is 29.6 Å². The van der Waals surface area contributed by atoms with Gasteiger partial charge >= 0.3 is 5.97 Å². The molecule has 0 aliphatic carbocycles. The summed E-state index contributed by atoms with van der Waals surface area (Å²) in [7, 11) is 6.28. The van der Waals surface area contributed by atoms with Crippen molar-refractivity contribution < 1.29 is 48.2 Å². The van der Waals surface area contributed by atoms with Gasteiger partial charge in [0.2, 0.25) is 29.5 Å². The quantitative estimate of drug-likeness (QED) is 0.0739. The number of nitrogens with zero attached hydrogens (tertiary/aromatic N) is 3. The van der Waals surface area contributed by atoms with Gasteiger partial charge in [-0.3, -0.25) is 24.0 Å². The van der Waals surface area contributed by atoms with E-state index in [2.05, 4.69) is 15.5 Å². The number of carboxylic acid groups (broad SMARTS) is 1. The molecule has 9 atom stereocenters. The van der Waals surface area contributed by atoms with Gasteiger partial charge in [0.1, 0.15) is 18.1 Å². The second kappa shape index (κ2) is 26.4. The maximum absolute atomic E-state index is 14.5. The summed E-state index contributed by atoms with van der Waals surface area (Å²) < 4.78 is 11.9. The van der Waals surface area contributed by atoms with Gasteiger partial charge in [-0.25, -0.2) is 10.7 Å². The van der Waals surface area contributed by atoms with Gasteiger partial charge in [-0.15, -0.1) is 0 Å². The van der Waals surface area contributed by atoms with Crippen LogP contribution in [0.5, 0.6) is 0 Å². The molecule has 1 fully saturated rings. The molecular weight excluding hydrogens is 785 g/mol. The number of rotatable bonds is 27. The van der Waals surface area contributed by atoms with E-state index in [1.807, 2.05) is 59.7 Å². The van der Waals surface area contributed by atoms with E-state index in [1.54, 1.807) is 43.0 Å². The first kappa shape index (κ1) is 53.0. The van der Waals surface area contributed by atoms with Crippen LogP contribution >= 0.6 is 0 Å². The summed E-state index contributed by atoms with van der Waals surface area (Å²) in [6.45, 7) is 13.9. The van der Waals surface area contributed by atoms with Gasteiger partial charge in [0, 0.05) is 47.7 Å². The Morgan fingerprint density at radius 1 is 0.885 bits per heavy atom. The van der Waals surface area contributed by atoms with Crippen molar-refractivity contribution in [2.75, 3.05) is 41.5 Å². The average molecular weight is 861 g/mol. The molecule has 1 aliphatic rings. The van der Waals surface area contributed by atoms with Crippen LogP contribution in [0.15, 0.2) is 30.3 Å². The Bertz CT molecular complexity index is 1550. The summed E-state index contributed by atoms with van der Waals surface area (Å²) in [6.07, 6.45) is 2.92. The van der Waals surface area contributed by atoms with Crippen molar-refractivity contribution in [3.8, 4) is 0 Å². The number of unbranched alkanes of at least 4 members (excludes halogenated alkanes) is 2. The molecule has 5 amide bonds. The van der Waals surface area contributed by atoms with E-state index in [0.29, 0.717) is 38.8 Å². The number of benzene rings is 1. The van der Waals surface area contributed by atoms with Crippen molar-refractivity contribution in [2.45, 2.75) is 149 Å². The van der Waals surface area contributed by atoms with Crippen LogP contribution in [-0.2, 0) is 49.5 Å². The maximum Gasteiger partial charge on any atom is 0.326 e. The minimum Gasteiger partial charge on any atom is -0.480 e. The number of hydrogen-bond acceptors (Lipinski definition) is 10. The number of carbonyl (C=O) groups is 6. The molecule has 346 valence electrons. The molecule has 0 spiro atoms. The van der Waals surface area contributed by atoms with E-state index in [0.717, 1.165) is 18.4 Å². The lowest BCUT2D eigenvalue weighted by molar-refractivity contribution is -0.149. The van der Waals surface area contributed by atoms with Gasteiger partial charge in [-0.1, -0.05) is 91.6 Å². The average Bonchev–Trinajstić information content (AvgIpc) is 3.71. The Morgan fingerprint density at radius 3 is 2.08 bits per heavy atom. The summed E-state index contributed by atoms with van der Waals surface area (Å²) in [4.78, 5) is 90.9. The van der Waals surface area contributed by atoms with Gasteiger partial charge < -0.3 is 44.8 Å². The fourth-order valence-electron chi connectivity index (χ4n) is 8.53. The van der Waals surface area contributed by atoms with E-state index in [-0.39, 0.29) is 54.7 Å². The Morgan fingerprint density at radius 2 is 1.54 bits per heavy atom. The number of nitrogens with one attached hydrogen (secondary N) is 2. The molecule has 3 unspecified atom stereocenters. The molecule has 5 N–H and O–H groups in total. The third-order valence-electron chi connectivity index (χ3n) is 12.2. The Labute approximate surface area is 363 Å². The van der Waals surface area contributed by atoms with Crippen LogP contribution in [0.2, 0.25) is 0 Å². The van der Waals surface area contributed by atoms with Gasteiger partial charge in [-0.2, -0.15) is 0 Å². The molecular formula is C45H76N6O10. The molecule has 1 aliphatic heterocycles. The topological polar surface area (TPSA) is 210 Å². The number of hydrogen-bond donors (Lipinski definition) is 4. The van der Waals surface area contributed by atoms with Crippen LogP contribution in [0.3, 0.4) is 0 Å². The highest BCUT2D eigenvalue weighted by Gasteiger charge is 2.43. The standard InChI is InChI=1S/C45H76N6O10/c1-12-30(6)40(50(9)44(56)38(28(2)3)48-43(55)39(29(4)5)49(8)36(52)23-17-14-18-25-61-46)35(59-10)27-37(53)51-24-19-22-34(51)41(60-11)31(7)42(54)47-33(45(57)58)26-32-20-15-13-16-21-32/h13,15-16,20-21,28-31,33-35,38-41H,12,14,17-19,22-27,46H2,1-11H3,(H,47,54)(H,48,55)(H,57,58)/t30?,31-,33+,34+,35?,38+,39+,40?,41-/m1/s1. The number of likely N-dealkylation sites (tertiary alicyclic amines) is 1. The van der Waals surface area contributed by atoms with E-state index >= 15 is 0 Å². The number of amides is 5. The lowest BCUT2D eigenvalue weighted by Gasteiger charge is -2.41. The number of aliphatic carboxylic acids is 1. The fourth-order valence-corrected chi connectivity index (χ4v) is 8.53. The summed E-state index contributed by atoms with van der Waals surface area (Å²) in [5.74, 6) is 0.865. The number of nitrogens with two attached hydrogens (primary N) is 1. The monoisotopic (exact) mass is 861 g/mol. The zero-order chi connectivity index (χ0) is 46.0. The number of ether oxygens (including phenoxy) is 2. The molecule has 0 aromatic heterocycles. The molecule has 1 saturated heterocycles. The summed E-state index contributed by atoms with van der Waals surface area (Å²) in [5.41, 5.74) is 0.771. The number of methoxy groups -OCH3 is 2. The highest BCUT2D eigenvalue weighted by atomic mass is 16.6. The first-order chi connectivity index (χ1) is 28.9. The highest BCUT2D eigenvalue weighted by Crippen LogP contribution is 2.30. The molecule has 0 bridgehead atoms. The van der Waals surface area contributed by atoms with Crippen molar-refractivity contribution in [3.63, 3.8) is 0 Å². The second-order valence-electron chi connectivity index (χ2n) is 17.3. The number of carboxylic acids is 1. The highest BCUT2D eigenvalue weighted by molar-refractivity contribution is 5.92. The van der Waals surface area contributed by atoms with Gasteiger partial charge in [0.15, 0.2) is 0 Å². The molecule has 1 heterocycles. The first-order valence-electron chi connectivity index (χ1n) is 21.9. The molecule has 0 saturated carbocycles. The summed E-state index contributed by atoms with van der Waals surface area (Å²) in [5, 5.41) is 15.6. The van der Waals surface area contributed by atoms with Crippen LogP contribution in [0.25, 0.3) is 0 Å². The van der Waals surface area contributed by atoms with Crippen molar-refractivity contribution in [1.82, 2.24) is 25.3 Å². The maximum atomic E-state index is 14.5. The SMILES string of the molecule is CCC(C)C(C(CC(=O)N1CCC[C@H]1[C@H](OC)[C@@H](C)C(=O)N[C@@H](Cc1ccccc1)C(=O)O)OC)N(C)C(=O)[C@@H](NC(=O)[C@H](C(C)C)N(C)C(=O)CCCCCON)C(C)C. The molecule has 2 rings (SSSR count). The number of carbonyl (C=O) groups excluding carboxylic acids is 5. The largest absolute Gasteiger partial charge is 0.480 e. The van der Waals surface area contributed by atoms with E-state index in [4.69, 9.17) is 15.4 Å². The van der Waals surface area contributed by atoms with E-state index < -0.39 is 66.1 Å². The molecule has 16 heteroatoms. The van der Waals surface area contributed by atoms with Crippen LogP contribution in [-0.4, -0.2) is 139 Å². The van der Waals surface area contributed by atoms with Crippen LogP contribution in [0, 0.1) is 23.7 Å². The van der Waals surface area contributed by atoms with Crippen LogP contribution in [0.4, 0.5) is 0 Å². The van der Waals surface area contributed by atoms with Gasteiger partial charge in [0.25, 0.3) is 0 Å². The summed E-state index contributed by atoms with van der Waals surface area (Å²) >= 11 is 0. The third-order valence-corrected chi connectivity index (χ3v) is 12.2. The first-order valence-corrected chi connectivity index (χ1v) is 21.9. The van der Waals surface area contributed by atoms with Gasteiger partial charge in [-0.05, 0) is 49.0 Å². The molecule has 61 heavy (non-hydrogen) atoms. The van der Waals surface area contributed by atoms with Crippen molar-refractivity contribution in [3.05, 3.63) is 35.9 Å². The minimum atomic E-state index is -1.15. The van der Waals surface area contributed by atoms with Crippen molar-refractivity contribution >= 4 is 35.5 Å². The minimum absolute atomic E-state index is 0.0604. The second-order valence-corrected chi connectivity index (χ2v) is 17.3. The fraction of sp³-hybridized carbons (Fsp3) is 0.733. The molecule has 1 aromatic carbocycles. The predicted octanol–water partition coefficient (Wildman–Crippen LogP) is 3.79. The number of likely N-dealkylation sites (N-methyl/N-ethyl adjacent to an activating group) is 2. The normalized spacial score (nSPS) is 18.1. The Hall–Kier alpha value is -4.12. The zero-order valence-corrected chi connectivity index (χ0v) is 38.6. The summed E-state index contributed by atoms with van der Waals surface area (Å²) in [6, 6.07) is 5.17. The van der Waals surface area contributed by atoms with Crippen LogP contribution in [0.1, 0.15) is 105 Å². The Balaban J connectivity index is 2.26. The van der Waals surface area contributed by atoms with Crippen LogP contribution < -0.4 is 16.5 Å². The smallest absolute Gasteiger partial charge is 0.326 e. The van der Waals surface area contributed by atoms with E-state index in [9.17, 15) is 33.9 Å². The van der Waals surface area contributed by atoms with Crippen molar-refractivity contribution in [1.29, 1.82) is 0 Å². The lowest BCUT2D eigenvalue weighted by Crippen LogP contribution is -2.60. The molecule has 16 nitrogen and oxygen atoms in total. The third kappa shape index (κ3) is 15.3. The zero-order valence-electron chi connectivity index (χ0n) is 38.6. The predicted molar refractivity (Wildman–Crippen MR) is 233 cm³/mol. The van der Waals surface area contributed by atoms with Gasteiger partial charge in [0.05, 0.1) is 43.2 Å². The Kier molecular flexibility index (Phi) is 22.9. The van der Waals surface area contributed by atoms with E-state index in [1.165, 1.54) is 19.1 Å². The molecule has 0 radical (unpaired) electrons. The lowest BCUT2D eigenvalue weighted by atomic mass is 9.89. The molecule has 1 aromatic rings.